The molecule has 140 valence electrons. The van der Waals surface area contributed by atoms with Gasteiger partial charge in [-0.1, -0.05) is 17.7 Å². The number of hydrogen-bond acceptors (Lipinski definition) is 4. The van der Waals surface area contributed by atoms with E-state index in [9.17, 15) is 19.1 Å². The second-order valence-electron chi connectivity index (χ2n) is 6.29. The molecule has 0 aliphatic heterocycles. The van der Waals surface area contributed by atoms with Crippen molar-refractivity contribution in [1.29, 1.82) is 0 Å². The van der Waals surface area contributed by atoms with Gasteiger partial charge in [0.05, 0.1) is 17.3 Å². The Balaban J connectivity index is 1.76. The number of halogens is 1. The Kier molecular flexibility index (Phi) is 4.15. The number of hydrogen-bond donors (Lipinski definition) is 3. The summed E-state index contributed by atoms with van der Waals surface area (Å²) in [5.41, 5.74) is 1.03. The molecule has 0 spiro atoms. The molecule has 0 aliphatic carbocycles. The van der Waals surface area contributed by atoms with Crippen LogP contribution in [0.1, 0.15) is 15.9 Å². The molecule has 0 aliphatic rings. The molecule has 0 radical (unpaired) electrons. The van der Waals surface area contributed by atoms with Crippen LogP contribution in [0.3, 0.4) is 0 Å². The minimum atomic E-state index is -0.765. The summed E-state index contributed by atoms with van der Waals surface area (Å²) in [6.07, 6.45) is 1.33. The molecule has 2 aromatic heterocycles. The van der Waals surface area contributed by atoms with Gasteiger partial charge in [-0.2, -0.15) is 5.10 Å². The van der Waals surface area contributed by atoms with E-state index in [-0.39, 0.29) is 11.0 Å². The largest absolute Gasteiger partial charge is 0.506 e. The zero-order valence-corrected chi connectivity index (χ0v) is 14.7. The molecule has 28 heavy (non-hydrogen) atoms. The van der Waals surface area contributed by atoms with Gasteiger partial charge in [0.15, 0.2) is 0 Å². The maximum atomic E-state index is 13.1. The summed E-state index contributed by atoms with van der Waals surface area (Å²) < 4.78 is 14.5. The Morgan fingerprint density at radius 1 is 1.14 bits per heavy atom. The first kappa shape index (κ1) is 17.5. The number of aryl methyl sites for hydroxylation is 1. The Morgan fingerprint density at radius 2 is 1.82 bits per heavy atom. The van der Waals surface area contributed by atoms with Crippen LogP contribution >= 0.6 is 0 Å². The standard InChI is InChI=1S/C20H15FN4O3/c1-11-2-6-13(7-3-11)23-19(27)16-17(26)15-10-22-25(18(15)24-20(16)28)14-8-4-12(21)5-9-14/h2-10H,1H3,(H,23,27)(H2,24,26,28). The minimum absolute atomic E-state index is 0.193. The number of nitrogens with one attached hydrogen (secondary N) is 2. The second kappa shape index (κ2) is 6.66. The van der Waals surface area contributed by atoms with Crippen LogP contribution < -0.4 is 10.9 Å². The molecule has 0 unspecified atom stereocenters. The number of H-pyrrole nitrogens is 1. The van der Waals surface area contributed by atoms with Gasteiger partial charge in [-0.3, -0.25) is 9.59 Å². The molecule has 1 amide bonds. The number of pyridine rings is 1. The minimum Gasteiger partial charge on any atom is -0.506 e. The third kappa shape index (κ3) is 3.01. The number of aromatic hydroxyl groups is 1. The lowest BCUT2D eigenvalue weighted by atomic mass is 10.1. The monoisotopic (exact) mass is 378 g/mol. The molecule has 4 aromatic rings. The van der Waals surface area contributed by atoms with Crippen molar-refractivity contribution >= 4 is 22.6 Å². The summed E-state index contributed by atoms with van der Waals surface area (Å²) in [5, 5.41) is 17.4. The van der Waals surface area contributed by atoms with Gasteiger partial charge in [-0.25, -0.2) is 9.07 Å². The molecular formula is C20H15FN4O3. The van der Waals surface area contributed by atoms with Crippen molar-refractivity contribution in [2.75, 3.05) is 5.32 Å². The zero-order valence-electron chi connectivity index (χ0n) is 14.7. The number of aromatic amines is 1. The quantitative estimate of drug-likeness (QED) is 0.510. The molecule has 2 heterocycles. The number of rotatable bonds is 3. The summed E-state index contributed by atoms with van der Waals surface area (Å²) in [7, 11) is 0. The number of benzene rings is 2. The van der Waals surface area contributed by atoms with Crippen LogP contribution in [0.2, 0.25) is 0 Å². The maximum absolute atomic E-state index is 13.1. The number of aromatic nitrogens is 3. The van der Waals surface area contributed by atoms with Crippen LogP contribution in [0.5, 0.6) is 5.75 Å². The van der Waals surface area contributed by atoms with Crippen LogP contribution in [0, 0.1) is 12.7 Å². The number of carbonyl (C=O) groups excluding carboxylic acids is 1. The molecule has 0 saturated heterocycles. The number of nitrogens with zero attached hydrogens (tertiary/aromatic N) is 2. The van der Waals surface area contributed by atoms with Crippen molar-refractivity contribution in [1.82, 2.24) is 14.8 Å². The fourth-order valence-electron chi connectivity index (χ4n) is 2.87. The predicted octanol–water partition coefficient (Wildman–Crippen LogP) is 3.12. The van der Waals surface area contributed by atoms with E-state index < -0.39 is 28.6 Å². The van der Waals surface area contributed by atoms with E-state index in [0.29, 0.717) is 11.4 Å². The van der Waals surface area contributed by atoms with Gasteiger partial charge in [0.1, 0.15) is 22.8 Å². The molecule has 7 nitrogen and oxygen atoms in total. The van der Waals surface area contributed by atoms with E-state index in [1.165, 1.54) is 35.1 Å². The van der Waals surface area contributed by atoms with Gasteiger partial charge >= 0.3 is 0 Å². The fraction of sp³-hybridized carbons (Fsp3) is 0.0500. The average molecular weight is 378 g/mol. The molecule has 0 atom stereocenters. The Hall–Kier alpha value is -3.94. The van der Waals surface area contributed by atoms with Crippen LogP contribution in [0.25, 0.3) is 16.7 Å². The highest BCUT2D eigenvalue weighted by Gasteiger charge is 2.22. The van der Waals surface area contributed by atoms with Crippen LogP contribution in [0.4, 0.5) is 10.1 Å². The highest BCUT2D eigenvalue weighted by atomic mass is 19.1. The van der Waals surface area contributed by atoms with Crippen LogP contribution in [0.15, 0.2) is 59.5 Å². The van der Waals surface area contributed by atoms with E-state index >= 15 is 0 Å². The summed E-state index contributed by atoms with van der Waals surface area (Å²) in [5.74, 6) is -1.62. The third-order valence-corrected chi connectivity index (χ3v) is 4.33. The smallest absolute Gasteiger partial charge is 0.266 e. The molecule has 0 bridgehead atoms. The first-order chi connectivity index (χ1) is 13.4. The molecule has 0 fully saturated rings. The fourth-order valence-corrected chi connectivity index (χ4v) is 2.87. The molecule has 0 saturated carbocycles. The lowest BCUT2D eigenvalue weighted by Gasteiger charge is -2.08. The second-order valence-corrected chi connectivity index (χ2v) is 6.29. The predicted molar refractivity (Wildman–Crippen MR) is 102 cm³/mol. The van der Waals surface area contributed by atoms with Crippen molar-refractivity contribution in [2.45, 2.75) is 6.92 Å². The Morgan fingerprint density at radius 3 is 2.50 bits per heavy atom. The highest BCUT2D eigenvalue weighted by Crippen LogP contribution is 2.27. The normalized spacial score (nSPS) is 10.9. The number of amides is 1. The number of carbonyl (C=O) groups is 1. The van der Waals surface area contributed by atoms with E-state index in [2.05, 4.69) is 15.4 Å². The van der Waals surface area contributed by atoms with Crippen molar-refractivity contribution in [2.24, 2.45) is 0 Å². The number of fused-ring (bicyclic) bond motifs is 1. The van der Waals surface area contributed by atoms with E-state index in [1.54, 1.807) is 12.1 Å². The average Bonchev–Trinajstić information content (AvgIpc) is 3.08. The Bertz CT molecular complexity index is 1240. The summed E-state index contributed by atoms with van der Waals surface area (Å²) in [6.45, 7) is 1.91. The molecule has 4 rings (SSSR count). The van der Waals surface area contributed by atoms with Crippen LogP contribution in [-0.2, 0) is 0 Å². The SMILES string of the molecule is Cc1ccc(NC(=O)c2c(O)c3cnn(-c4ccc(F)cc4)c3[nH]c2=O)cc1. The summed E-state index contributed by atoms with van der Waals surface area (Å²) >= 11 is 0. The maximum Gasteiger partial charge on any atom is 0.266 e. The van der Waals surface area contributed by atoms with Gasteiger partial charge < -0.3 is 15.4 Å². The molecule has 2 aromatic carbocycles. The lowest BCUT2D eigenvalue weighted by molar-refractivity contribution is 0.102. The van der Waals surface area contributed by atoms with Gasteiger partial charge in [0.2, 0.25) is 0 Å². The van der Waals surface area contributed by atoms with E-state index in [4.69, 9.17) is 0 Å². The van der Waals surface area contributed by atoms with Gasteiger partial charge in [-0.15, -0.1) is 0 Å². The summed E-state index contributed by atoms with van der Waals surface area (Å²) in [6, 6.07) is 12.5. The zero-order chi connectivity index (χ0) is 19.8. The van der Waals surface area contributed by atoms with E-state index in [1.807, 2.05) is 19.1 Å². The van der Waals surface area contributed by atoms with Gasteiger partial charge in [-0.05, 0) is 43.3 Å². The highest BCUT2D eigenvalue weighted by molar-refractivity contribution is 6.08. The third-order valence-electron chi connectivity index (χ3n) is 4.33. The van der Waals surface area contributed by atoms with Crippen molar-refractivity contribution in [3.05, 3.63) is 82.0 Å². The van der Waals surface area contributed by atoms with Crippen molar-refractivity contribution < 1.29 is 14.3 Å². The Labute approximate surface area is 158 Å². The van der Waals surface area contributed by atoms with Crippen molar-refractivity contribution in [3.8, 4) is 11.4 Å². The summed E-state index contributed by atoms with van der Waals surface area (Å²) in [4.78, 5) is 27.6. The topological polar surface area (TPSA) is 100 Å². The lowest BCUT2D eigenvalue weighted by Crippen LogP contribution is -2.23. The first-order valence-electron chi connectivity index (χ1n) is 8.41. The van der Waals surface area contributed by atoms with E-state index in [0.717, 1.165) is 5.56 Å². The first-order valence-corrected chi connectivity index (χ1v) is 8.41. The molecule has 3 N–H and O–H groups in total. The molecule has 8 heteroatoms. The van der Waals surface area contributed by atoms with Crippen molar-refractivity contribution in [3.63, 3.8) is 0 Å². The van der Waals surface area contributed by atoms with Crippen LogP contribution in [-0.4, -0.2) is 25.8 Å². The molecular weight excluding hydrogens is 363 g/mol. The number of anilines is 1. The van der Waals surface area contributed by atoms with Gasteiger partial charge in [0.25, 0.3) is 11.5 Å². The van der Waals surface area contributed by atoms with Gasteiger partial charge in [0, 0.05) is 5.69 Å².